The number of hydrogen-bond acceptors (Lipinski definition) is 5. The molecule has 0 aliphatic rings. The molecule has 2 aromatic rings. The third-order valence-corrected chi connectivity index (χ3v) is 3.58. The molecule has 0 radical (unpaired) electrons. The number of oxime groups is 1. The molecule has 0 saturated heterocycles. The van der Waals surface area contributed by atoms with Crippen molar-refractivity contribution in [3.05, 3.63) is 59.7 Å². The Morgan fingerprint density at radius 1 is 1.16 bits per heavy atom. The van der Waals surface area contributed by atoms with Gasteiger partial charge in [-0.3, -0.25) is 4.79 Å². The van der Waals surface area contributed by atoms with Crippen LogP contribution >= 0.6 is 0 Å². The molecule has 0 aliphatic carbocycles. The van der Waals surface area contributed by atoms with Crippen LogP contribution in [0, 0.1) is 0 Å². The lowest BCUT2D eigenvalue weighted by Crippen LogP contribution is -2.29. The monoisotopic (exact) mass is 342 g/mol. The largest absolute Gasteiger partial charge is 0.497 e. The minimum absolute atomic E-state index is 0.0974. The highest BCUT2D eigenvalue weighted by atomic mass is 16.6. The first-order chi connectivity index (χ1) is 12.1. The van der Waals surface area contributed by atoms with Gasteiger partial charge in [0.25, 0.3) is 5.91 Å². The van der Waals surface area contributed by atoms with E-state index in [9.17, 15) is 4.79 Å². The first-order valence-electron chi connectivity index (χ1n) is 7.85. The maximum Gasteiger partial charge on any atom is 0.261 e. The highest BCUT2D eigenvalue weighted by molar-refractivity contribution is 5.84. The fourth-order valence-electron chi connectivity index (χ4n) is 2.24. The Morgan fingerprint density at radius 2 is 1.92 bits per heavy atom. The number of carbonyl (C=O) groups is 1. The summed E-state index contributed by atoms with van der Waals surface area (Å²) in [6.45, 7) is 1.75. The Balaban J connectivity index is 1.85. The molecule has 132 valence electrons. The van der Waals surface area contributed by atoms with E-state index in [1.54, 1.807) is 32.4 Å². The van der Waals surface area contributed by atoms with Gasteiger partial charge < -0.3 is 19.6 Å². The number of carbonyl (C=O) groups excluding carboxylic acids is 1. The predicted octanol–water partition coefficient (Wildman–Crippen LogP) is 2.93. The first-order valence-corrected chi connectivity index (χ1v) is 7.85. The molecular formula is C19H22N2O4. The molecule has 0 spiro atoms. The van der Waals surface area contributed by atoms with Crippen molar-refractivity contribution in [3.8, 4) is 11.5 Å². The van der Waals surface area contributed by atoms with Gasteiger partial charge in [-0.1, -0.05) is 35.5 Å². The third kappa shape index (κ3) is 5.53. The van der Waals surface area contributed by atoms with Crippen molar-refractivity contribution in [2.24, 2.45) is 5.16 Å². The number of rotatable bonds is 8. The molecular weight excluding hydrogens is 320 g/mol. The van der Waals surface area contributed by atoms with Crippen LogP contribution in [-0.2, 0) is 9.63 Å². The SMILES string of the molecule is COc1ccc(OC)c(/C=N\OCC(=O)N[C@H](C)c2ccccc2)c1. The zero-order chi connectivity index (χ0) is 18.1. The zero-order valence-corrected chi connectivity index (χ0v) is 14.6. The quantitative estimate of drug-likeness (QED) is 0.591. The smallest absolute Gasteiger partial charge is 0.261 e. The van der Waals surface area contributed by atoms with Gasteiger partial charge in [0.1, 0.15) is 11.5 Å². The summed E-state index contributed by atoms with van der Waals surface area (Å²) in [4.78, 5) is 17.0. The van der Waals surface area contributed by atoms with E-state index in [-0.39, 0.29) is 18.6 Å². The molecule has 1 atom stereocenters. The van der Waals surface area contributed by atoms with Gasteiger partial charge in [0.2, 0.25) is 0 Å². The average Bonchev–Trinajstić information content (AvgIpc) is 2.65. The van der Waals surface area contributed by atoms with Gasteiger partial charge in [-0.25, -0.2) is 0 Å². The van der Waals surface area contributed by atoms with Crippen LogP contribution < -0.4 is 14.8 Å². The molecule has 0 bridgehead atoms. The summed E-state index contributed by atoms with van der Waals surface area (Å²) in [6.07, 6.45) is 1.48. The van der Waals surface area contributed by atoms with Crippen LogP contribution in [0.4, 0.5) is 0 Å². The van der Waals surface area contributed by atoms with E-state index in [1.165, 1.54) is 6.21 Å². The second kappa shape index (κ2) is 9.32. The molecule has 2 rings (SSSR count). The Bertz CT molecular complexity index is 717. The highest BCUT2D eigenvalue weighted by Gasteiger charge is 2.09. The first kappa shape index (κ1) is 18.3. The number of nitrogens with zero attached hydrogens (tertiary/aromatic N) is 1. The molecule has 0 aliphatic heterocycles. The number of amides is 1. The summed E-state index contributed by atoms with van der Waals surface area (Å²) in [7, 11) is 3.15. The molecule has 0 saturated carbocycles. The Labute approximate surface area is 147 Å². The van der Waals surface area contributed by atoms with E-state index < -0.39 is 0 Å². The van der Waals surface area contributed by atoms with Crippen LogP contribution in [0.15, 0.2) is 53.7 Å². The van der Waals surface area contributed by atoms with Crippen LogP contribution in [0.2, 0.25) is 0 Å². The summed E-state index contributed by atoms with van der Waals surface area (Å²) < 4.78 is 10.4. The van der Waals surface area contributed by atoms with Crippen LogP contribution in [-0.4, -0.2) is 32.9 Å². The highest BCUT2D eigenvalue weighted by Crippen LogP contribution is 2.22. The number of benzene rings is 2. The van der Waals surface area contributed by atoms with Crippen LogP contribution in [0.5, 0.6) is 11.5 Å². The average molecular weight is 342 g/mol. The second-order valence-corrected chi connectivity index (χ2v) is 5.32. The van der Waals surface area contributed by atoms with E-state index in [0.717, 1.165) is 5.56 Å². The maximum atomic E-state index is 11.9. The summed E-state index contributed by atoms with van der Waals surface area (Å²) >= 11 is 0. The van der Waals surface area contributed by atoms with Crippen molar-refractivity contribution in [2.45, 2.75) is 13.0 Å². The maximum absolute atomic E-state index is 11.9. The van der Waals surface area contributed by atoms with Gasteiger partial charge in [-0.15, -0.1) is 0 Å². The fourth-order valence-corrected chi connectivity index (χ4v) is 2.24. The second-order valence-electron chi connectivity index (χ2n) is 5.32. The summed E-state index contributed by atoms with van der Waals surface area (Å²) in [6, 6.07) is 14.9. The lowest BCUT2D eigenvalue weighted by Gasteiger charge is -2.13. The third-order valence-electron chi connectivity index (χ3n) is 3.58. The van der Waals surface area contributed by atoms with E-state index in [0.29, 0.717) is 17.1 Å². The van der Waals surface area contributed by atoms with E-state index in [2.05, 4.69) is 10.5 Å². The lowest BCUT2D eigenvalue weighted by molar-refractivity contribution is -0.126. The molecule has 2 aromatic carbocycles. The van der Waals surface area contributed by atoms with E-state index in [1.807, 2.05) is 37.3 Å². The van der Waals surface area contributed by atoms with Gasteiger partial charge in [-0.2, -0.15) is 0 Å². The zero-order valence-electron chi connectivity index (χ0n) is 14.6. The molecule has 1 N–H and O–H groups in total. The number of ether oxygens (including phenoxy) is 2. The van der Waals surface area contributed by atoms with Gasteiger partial charge >= 0.3 is 0 Å². The van der Waals surface area contributed by atoms with Gasteiger partial charge in [0, 0.05) is 5.56 Å². The molecule has 6 nitrogen and oxygen atoms in total. The molecule has 6 heteroatoms. The number of methoxy groups -OCH3 is 2. The number of nitrogens with one attached hydrogen (secondary N) is 1. The van der Waals surface area contributed by atoms with Crippen LogP contribution in [0.3, 0.4) is 0 Å². The van der Waals surface area contributed by atoms with Crippen molar-refractivity contribution < 1.29 is 19.1 Å². The Kier molecular flexibility index (Phi) is 6.83. The Hall–Kier alpha value is -3.02. The topological polar surface area (TPSA) is 69.1 Å². The minimum Gasteiger partial charge on any atom is -0.497 e. The molecule has 0 fully saturated rings. The summed E-state index contributed by atoms with van der Waals surface area (Å²) in [5.41, 5.74) is 1.72. The van der Waals surface area contributed by atoms with Crippen molar-refractivity contribution in [1.29, 1.82) is 0 Å². The fraction of sp³-hybridized carbons (Fsp3) is 0.263. The summed E-state index contributed by atoms with van der Waals surface area (Å²) in [5, 5.41) is 6.68. The standard InChI is InChI=1S/C19H22N2O4/c1-14(15-7-5-4-6-8-15)21-19(22)13-25-20-12-16-11-17(23-2)9-10-18(16)24-3/h4-12,14H,13H2,1-3H3,(H,21,22)/b20-12-/t14-/m1/s1. The van der Waals surface area contributed by atoms with Crippen molar-refractivity contribution >= 4 is 12.1 Å². The van der Waals surface area contributed by atoms with E-state index >= 15 is 0 Å². The molecule has 1 amide bonds. The molecule has 0 unspecified atom stereocenters. The van der Waals surface area contributed by atoms with Gasteiger partial charge in [0.05, 0.1) is 26.5 Å². The molecule has 25 heavy (non-hydrogen) atoms. The van der Waals surface area contributed by atoms with Crippen molar-refractivity contribution in [3.63, 3.8) is 0 Å². The van der Waals surface area contributed by atoms with Crippen LogP contribution in [0.25, 0.3) is 0 Å². The van der Waals surface area contributed by atoms with Gasteiger partial charge in [-0.05, 0) is 30.7 Å². The minimum atomic E-state index is -0.244. The molecule has 0 aromatic heterocycles. The Morgan fingerprint density at radius 3 is 2.60 bits per heavy atom. The predicted molar refractivity (Wildman–Crippen MR) is 96.1 cm³/mol. The number of hydrogen-bond donors (Lipinski definition) is 1. The van der Waals surface area contributed by atoms with Crippen LogP contribution in [0.1, 0.15) is 24.1 Å². The lowest BCUT2D eigenvalue weighted by atomic mass is 10.1. The van der Waals surface area contributed by atoms with Gasteiger partial charge in [0.15, 0.2) is 6.61 Å². The normalized spacial score (nSPS) is 11.8. The van der Waals surface area contributed by atoms with E-state index in [4.69, 9.17) is 14.3 Å². The summed E-state index contributed by atoms with van der Waals surface area (Å²) in [5.74, 6) is 1.07. The molecule has 0 heterocycles. The van der Waals surface area contributed by atoms with Crippen molar-refractivity contribution in [2.75, 3.05) is 20.8 Å². The van der Waals surface area contributed by atoms with Crippen molar-refractivity contribution in [1.82, 2.24) is 5.32 Å².